The standard InChI is InChI=1S/C16H22N2O/c1-12-10-17-11-15(12)16(19)18-8-6-13-4-2-3-5-14(13)7-9-18/h2-5,12,15,17H,6-11H2,1H3. The third-order valence-electron chi connectivity index (χ3n) is 4.57. The van der Waals surface area contributed by atoms with Gasteiger partial charge in [-0.25, -0.2) is 0 Å². The first kappa shape index (κ1) is 12.7. The molecule has 0 aromatic heterocycles. The summed E-state index contributed by atoms with van der Waals surface area (Å²) in [7, 11) is 0. The lowest BCUT2D eigenvalue weighted by atomic mass is 9.96. The molecule has 3 heteroatoms. The predicted octanol–water partition coefficient (Wildman–Crippen LogP) is 1.47. The highest BCUT2D eigenvalue weighted by Gasteiger charge is 2.33. The molecule has 3 rings (SSSR count). The highest BCUT2D eigenvalue weighted by molar-refractivity contribution is 5.80. The molecule has 1 saturated heterocycles. The van der Waals surface area contributed by atoms with Crippen LogP contribution in [0.25, 0.3) is 0 Å². The SMILES string of the molecule is CC1CNCC1C(=O)N1CCc2ccccc2CC1. The quantitative estimate of drug-likeness (QED) is 0.827. The molecular weight excluding hydrogens is 236 g/mol. The van der Waals surface area contributed by atoms with Crippen LogP contribution in [-0.4, -0.2) is 37.0 Å². The molecule has 0 bridgehead atoms. The van der Waals surface area contributed by atoms with Crippen molar-refractivity contribution in [2.75, 3.05) is 26.2 Å². The van der Waals surface area contributed by atoms with Gasteiger partial charge >= 0.3 is 0 Å². The van der Waals surface area contributed by atoms with Crippen LogP contribution in [0.4, 0.5) is 0 Å². The molecule has 0 saturated carbocycles. The van der Waals surface area contributed by atoms with Gasteiger partial charge in [-0.1, -0.05) is 31.2 Å². The molecule has 2 aliphatic rings. The fourth-order valence-electron chi connectivity index (χ4n) is 3.26. The molecule has 1 aromatic rings. The van der Waals surface area contributed by atoms with Gasteiger partial charge in [0.2, 0.25) is 5.91 Å². The number of carbonyl (C=O) groups is 1. The summed E-state index contributed by atoms with van der Waals surface area (Å²) in [6.45, 7) is 5.75. The molecule has 0 radical (unpaired) electrons. The number of nitrogens with zero attached hydrogens (tertiary/aromatic N) is 1. The van der Waals surface area contributed by atoms with Crippen molar-refractivity contribution in [2.24, 2.45) is 11.8 Å². The van der Waals surface area contributed by atoms with E-state index in [4.69, 9.17) is 0 Å². The first-order chi connectivity index (χ1) is 9.25. The van der Waals surface area contributed by atoms with Crippen LogP contribution in [0.15, 0.2) is 24.3 Å². The third-order valence-corrected chi connectivity index (χ3v) is 4.57. The first-order valence-corrected chi connectivity index (χ1v) is 7.32. The highest BCUT2D eigenvalue weighted by Crippen LogP contribution is 2.21. The van der Waals surface area contributed by atoms with Crippen LogP contribution in [0.2, 0.25) is 0 Å². The van der Waals surface area contributed by atoms with Gasteiger partial charge in [-0.2, -0.15) is 0 Å². The van der Waals surface area contributed by atoms with Crippen LogP contribution in [0, 0.1) is 11.8 Å². The number of hydrogen-bond acceptors (Lipinski definition) is 2. The van der Waals surface area contributed by atoms with Crippen molar-refractivity contribution in [2.45, 2.75) is 19.8 Å². The van der Waals surface area contributed by atoms with Gasteiger partial charge in [0.1, 0.15) is 0 Å². The van der Waals surface area contributed by atoms with Gasteiger partial charge in [0.05, 0.1) is 5.92 Å². The number of fused-ring (bicyclic) bond motifs is 1. The second-order valence-electron chi connectivity index (χ2n) is 5.84. The average molecular weight is 258 g/mol. The van der Waals surface area contributed by atoms with E-state index in [1.165, 1.54) is 11.1 Å². The van der Waals surface area contributed by atoms with Gasteiger partial charge in [-0.3, -0.25) is 4.79 Å². The molecule has 1 amide bonds. The number of carbonyl (C=O) groups excluding carboxylic acids is 1. The Balaban J connectivity index is 1.70. The lowest BCUT2D eigenvalue weighted by molar-refractivity contribution is -0.135. The zero-order valence-corrected chi connectivity index (χ0v) is 11.6. The van der Waals surface area contributed by atoms with E-state index >= 15 is 0 Å². The highest BCUT2D eigenvalue weighted by atomic mass is 16.2. The molecule has 2 unspecified atom stereocenters. The third kappa shape index (κ3) is 2.52. The molecule has 102 valence electrons. The van der Waals surface area contributed by atoms with Crippen molar-refractivity contribution in [1.82, 2.24) is 10.2 Å². The lowest BCUT2D eigenvalue weighted by Gasteiger charge is -2.25. The molecule has 1 N–H and O–H groups in total. The van der Waals surface area contributed by atoms with Gasteiger partial charge in [0.25, 0.3) is 0 Å². The maximum atomic E-state index is 12.6. The molecule has 1 aromatic carbocycles. The van der Waals surface area contributed by atoms with Gasteiger partial charge < -0.3 is 10.2 Å². The molecule has 0 aliphatic carbocycles. The fourth-order valence-corrected chi connectivity index (χ4v) is 3.26. The summed E-state index contributed by atoms with van der Waals surface area (Å²) in [6.07, 6.45) is 1.99. The van der Waals surface area contributed by atoms with Crippen molar-refractivity contribution in [3.63, 3.8) is 0 Å². The number of benzene rings is 1. The van der Waals surface area contributed by atoms with Gasteiger partial charge in [-0.15, -0.1) is 0 Å². The van der Waals surface area contributed by atoms with Crippen LogP contribution in [0.3, 0.4) is 0 Å². The van der Waals surface area contributed by atoms with E-state index < -0.39 is 0 Å². The van der Waals surface area contributed by atoms with Crippen LogP contribution < -0.4 is 5.32 Å². The minimum absolute atomic E-state index is 0.182. The van der Waals surface area contributed by atoms with E-state index in [0.29, 0.717) is 11.8 Å². The summed E-state index contributed by atoms with van der Waals surface area (Å²) in [5.41, 5.74) is 2.82. The van der Waals surface area contributed by atoms with Crippen LogP contribution in [0.1, 0.15) is 18.1 Å². The van der Waals surface area contributed by atoms with Crippen LogP contribution in [-0.2, 0) is 17.6 Å². The number of rotatable bonds is 1. The maximum Gasteiger partial charge on any atom is 0.227 e. The van der Waals surface area contributed by atoms with Crippen molar-refractivity contribution in [3.05, 3.63) is 35.4 Å². The monoisotopic (exact) mass is 258 g/mol. The molecule has 3 nitrogen and oxygen atoms in total. The number of amides is 1. The Hall–Kier alpha value is -1.35. The van der Waals surface area contributed by atoms with Gasteiger partial charge in [0.15, 0.2) is 0 Å². The van der Waals surface area contributed by atoms with Crippen molar-refractivity contribution in [1.29, 1.82) is 0 Å². The number of nitrogens with one attached hydrogen (secondary N) is 1. The molecule has 19 heavy (non-hydrogen) atoms. The molecule has 1 fully saturated rings. The average Bonchev–Trinajstić information content (AvgIpc) is 2.74. The van der Waals surface area contributed by atoms with E-state index in [0.717, 1.165) is 39.0 Å². The summed E-state index contributed by atoms with van der Waals surface area (Å²) >= 11 is 0. The zero-order valence-electron chi connectivity index (χ0n) is 11.6. The van der Waals surface area contributed by atoms with Crippen LogP contribution in [0.5, 0.6) is 0 Å². The molecule has 0 spiro atoms. The second-order valence-corrected chi connectivity index (χ2v) is 5.84. The number of hydrogen-bond donors (Lipinski definition) is 1. The minimum atomic E-state index is 0.182. The summed E-state index contributed by atoms with van der Waals surface area (Å²) in [4.78, 5) is 14.7. The molecular formula is C16H22N2O. The largest absolute Gasteiger partial charge is 0.342 e. The fraction of sp³-hybridized carbons (Fsp3) is 0.562. The zero-order chi connectivity index (χ0) is 13.2. The Kier molecular flexibility index (Phi) is 3.56. The van der Waals surface area contributed by atoms with E-state index in [2.05, 4.69) is 41.4 Å². The molecule has 2 heterocycles. The Morgan fingerprint density at radius 3 is 2.32 bits per heavy atom. The summed E-state index contributed by atoms with van der Waals surface area (Å²) in [6, 6.07) is 8.59. The predicted molar refractivity (Wildman–Crippen MR) is 76.0 cm³/mol. The van der Waals surface area contributed by atoms with Crippen molar-refractivity contribution >= 4 is 5.91 Å². The Morgan fingerprint density at radius 1 is 1.16 bits per heavy atom. The van der Waals surface area contributed by atoms with Gasteiger partial charge in [0, 0.05) is 19.6 Å². The Labute approximate surface area is 115 Å². The molecule has 2 atom stereocenters. The van der Waals surface area contributed by atoms with Crippen molar-refractivity contribution in [3.8, 4) is 0 Å². The normalized spacial score (nSPS) is 26.9. The summed E-state index contributed by atoms with van der Waals surface area (Å²) in [5.74, 6) is 1.00. The van der Waals surface area contributed by atoms with Gasteiger partial charge in [-0.05, 0) is 36.4 Å². The second kappa shape index (κ2) is 5.33. The van der Waals surface area contributed by atoms with E-state index in [9.17, 15) is 4.79 Å². The smallest absolute Gasteiger partial charge is 0.227 e. The summed E-state index contributed by atoms with van der Waals surface area (Å²) < 4.78 is 0. The van der Waals surface area contributed by atoms with Crippen molar-refractivity contribution < 1.29 is 4.79 Å². The minimum Gasteiger partial charge on any atom is -0.342 e. The lowest BCUT2D eigenvalue weighted by Crippen LogP contribution is -2.40. The maximum absolute atomic E-state index is 12.6. The Morgan fingerprint density at radius 2 is 1.79 bits per heavy atom. The van der Waals surface area contributed by atoms with E-state index in [1.807, 2.05) is 0 Å². The first-order valence-electron chi connectivity index (χ1n) is 7.32. The van der Waals surface area contributed by atoms with E-state index in [1.54, 1.807) is 0 Å². The van der Waals surface area contributed by atoms with Crippen LogP contribution >= 0.6 is 0 Å². The summed E-state index contributed by atoms with van der Waals surface area (Å²) in [5, 5.41) is 3.33. The van der Waals surface area contributed by atoms with E-state index in [-0.39, 0.29) is 5.92 Å². The Bertz CT molecular complexity index is 445. The molecule has 2 aliphatic heterocycles. The topological polar surface area (TPSA) is 32.3 Å².